The third-order valence-corrected chi connectivity index (χ3v) is 4.80. The fourth-order valence-corrected chi connectivity index (χ4v) is 3.38. The van der Waals surface area contributed by atoms with E-state index in [9.17, 15) is 4.79 Å². The van der Waals surface area contributed by atoms with E-state index in [-0.39, 0.29) is 6.61 Å². The van der Waals surface area contributed by atoms with Crippen molar-refractivity contribution in [3.8, 4) is 11.5 Å². The molecule has 3 aromatic carbocycles. The van der Waals surface area contributed by atoms with E-state index in [1.165, 1.54) is 0 Å². The van der Waals surface area contributed by atoms with Gasteiger partial charge in [0, 0.05) is 9.79 Å². The van der Waals surface area contributed by atoms with E-state index >= 15 is 0 Å². The molecule has 0 heterocycles. The molecule has 0 spiro atoms. The predicted octanol–water partition coefficient (Wildman–Crippen LogP) is 5.19. The minimum Gasteiger partial charge on any atom is -0.489 e. The quantitative estimate of drug-likeness (QED) is 0.583. The normalized spacial score (nSPS) is 10.4. The van der Waals surface area contributed by atoms with Crippen LogP contribution in [0, 0.1) is 6.92 Å². The van der Waals surface area contributed by atoms with Crippen LogP contribution in [0.2, 0.25) is 0 Å². The molecular formula is C22H20O4S. The average Bonchev–Trinajstić information content (AvgIpc) is 2.67. The Bertz CT molecular complexity index is 892. The van der Waals surface area contributed by atoms with Gasteiger partial charge in [0.2, 0.25) is 0 Å². The smallest absolute Gasteiger partial charge is 0.341 e. The fourth-order valence-electron chi connectivity index (χ4n) is 2.46. The lowest BCUT2D eigenvalue weighted by Crippen LogP contribution is -2.09. The first-order valence-corrected chi connectivity index (χ1v) is 9.32. The van der Waals surface area contributed by atoms with Gasteiger partial charge in [-0.1, -0.05) is 42.1 Å². The predicted molar refractivity (Wildman–Crippen MR) is 106 cm³/mol. The van der Waals surface area contributed by atoms with Crippen molar-refractivity contribution in [2.75, 3.05) is 6.61 Å². The fraction of sp³-hybridized carbons (Fsp3) is 0.136. The minimum atomic E-state index is -0.982. The molecule has 0 bridgehead atoms. The van der Waals surface area contributed by atoms with E-state index < -0.39 is 5.97 Å². The van der Waals surface area contributed by atoms with E-state index in [2.05, 4.69) is 24.3 Å². The lowest BCUT2D eigenvalue weighted by molar-refractivity contribution is -0.139. The molecule has 0 fully saturated rings. The zero-order chi connectivity index (χ0) is 19.1. The standard InChI is InChI=1S/C22H20O4S/c1-16-13-20(11-12-21(16)26-15-22(23)24)27-19-9-7-17(8-10-19)14-25-18-5-3-2-4-6-18/h2-13H,14-15H2,1H3,(H,23,24). The molecule has 0 atom stereocenters. The van der Waals surface area contributed by atoms with Crippen molar-refractivity contribution in [1.82, 2.24) is 0 Å². The molecule has 0 unspecified atom stereocenters. The van der Waals surface area contributed by atoms with Gasteiger partial charge in [-0.05, 0) is 60.5 Å². The van der Waals surface area contributed by atoms with Crippen LogP contribution in [0.3, 0.4) is 0 Å². The molecule has 1 N–H and O–H groups in total. The maximum atomic E-state index is 10.6. The van der Waals surface area contributed by atoms with Crippen LogP contribution in [0.4, 0.5) is 0 Å². The van der Waals surface area contributed by atoms with Crippen LogP contribution < -0.4 is 9.47 Å². The molecule has 0 aliphatic heterocycles. The zero-order valence-corrected chi connectivity index (χ0v) is 15.7. The maximum Gasteiger partial charge on any atom is 0.341 e. The van der Waals surface area contributed by atoms with E-state index in [4.69, 9.17) is 14.6 Å². The number of hydrogen-bond acceptors (Lipinski definition) is 4. The molecule has 27 heavy (non-hydrogen) atoms. The molecule has 3 aromatic rings. The van der Waals surface area contributed by atoms with Gasteiger partial charge in [0.1, 0.15) is 18.1 Å². The van der Waals surface area contributed by atoms with Crippen LogP contribution in [0.5, 0.6) is 11.5 Å². The van der Waals surface area contributed by atoms with Crippen molar-refractivity contribution in [3.05, 3.63) is 83.9 Å². The number of aryl methyl sites for hydroxylation is 1. The van der Waals surface area contributed by atoms with E-state index in [0.29, 0.717) is 12.4 Å². The Morgan fingerprint density at radius 1 is 0.926 bits per heavy atom. The Morgan fingerprint density at radius 2 is 1.63 bits per heavy atom. The first kappa shape index (κ1) is 18.9. The van der Waals surface area contributed by atoms with Crippen LogP contribution in [0.1, 0.15) is 11.1 Å². The number of rotatable bonds is 8. The SMILES string of the molecule is Cc1cc(Sc2ccc(COc3ccccc3)cc2)ccc1OCC(=O)O. The van der Waals surface area contributed by atoms with Crippen LogP contribution in [-0.2, 0) is 11.4 Å². The molecule has 0 saturated carbocycles. The minimum absolute atomic E-state index is 0.333. The van der Waals surface area contributed by atoms with Crippen molar-refractivity contribution >= 4 is 17.7 Å². The second-order valence-electron chi connectivity index (χ2n) is 5.96. The number of carbonyl (C=O) groups is 1. The van der Waals surface area contributed by atoms with Gasteiger partial charge in [0.05, 0.1) is 0 Å². The summed E-state index contributed by atoms with van der Waals surface area (Å²) in [5.41, 5.74) is 2.02. The van der Waals surface area contributed by atoms with Crippen LogP contribution in [0.25, 0.3) is 0 Å². The van der Waals surface area contributed by atoms with Crippen LogP contribution in [0.15, 0.2) is 82.6 Å². The first-order chi connectivity index (χ1) is 13.1. The molecule has 0 aromatic heterocycles. The second kappa shape index (κ2) is 9.14. The van der Waals surface area contributed by atoms with Gasteiger partial charge in [0.25, 0.3) is 0 Å². The summed E-state index contributed by atoms with van der Waals surface area (Å²) in [6.07, 6.45) is 0. The Hall–Kier alpha value is -2.92. The molecule has 0 amide bonds. The van der Waals surface area contributed by atoms with Gasteiger partial charge < -0.3 is 14.6 Å². The number of carboxylic acids is 1. The number of ether oxygens (including phenoxy) is 2. The number of hydrogen-bond donors (Lipinski definition) is 1. The number of carboxylic acid groups (broad SMARTS) is 1. The Balaban J connectivity index is 1.57. The monoisotopic (exact) mass is 380 g/mol. The number of benzene rings is 3. The summed E-state index contributed by atoms with van der Waals surface area (Å²) in [4.78, 5) is 12.8. The van der Waals surface area contributed by atoms with Gasteiger partial charge in [-0.2, -0.15) is 0 Å². The number of aliphatic carboxylic acids is 1. The average molecular weight is 380 g/mol. The molecule has 0 radical (unpaired) electrons. The molecule has 0 saturated heterocycles. The Labute approximate surface area is 162 Å². The summed E-state index contributed by atoms with van der Waals surface area (Å²) in [7, 11) is 0. The summed E-state index contributed by atoms with van der Waals surface area (Å²) < 4.78 is 11.0. The van der Waals surface area contributed by atoms with Gasteiger partial charge in [0.15, 0.2) is 6.61 Å². The highest BCUT2D eigenvalue weighted by molar-refractivity contribution is 7.99. The lowest BCUT2D eigenvalue weighted by Gasteiger charge is -2.10. The third-order valence-electron chi connectivity index (χ3n) is 3.81. The van der Waals surface area contributed by atoms with Crippen molar-refractivity contribution in [1.29, 1.82) is 0 Å². The summed E-state index contributed by atoms with van der Waals surface area (Å²) in [6.45, 7) is 2.11. The molecule has 5 heteroatoms. The summed E-state index contributed by atoms with van der Waals surface area (Å²) in [5, 5.41) is 8.70. The molecule has 0 aliphatic carbocycles. The molecule has 0 aliphatic rings. The molecule has 3 rings (SSSR count). The van der Waals surface area contributed by atoms with Gasteiger partial charge in [-0.25, -0.2) is 4.79 Å². The van der Waals surface area contributed by atoms with E-state index in [0.717, 1.165) is 26.7 Å². The first-order valence-electron chi connectivity index (χ1n) is 8.50. The summed E-state index contributed by atoms with van der Waals surface area (Å²) in [5.74, 6) is 0.468. The third kappa shape index (κ3) is 5.79. The number of para-hydroxylation sites is 1. The van der Waals surface area contributed by atoms with Gasteiger partial charge >= 0.3 is 5.97 Å². The lowest BCUT2D eigenvalue weighted by atomic mass is 10.2. The van der Waals surface area contributed by atoms with Gasteiger partial charge in [-0.3, -0.25) is 0 Å². The van der Waals surface area contributed by atoms with Gasteiger partial charge in [-0.15, -0.1) is 0 Å². The molecule has 4 nitrogen and oxygen atoms in total. The summed E-state index contributed by atoms with van der Waals surface area (Å²) >= 11 is 1.65. The van der Waals surface area contributed by atoms with Crippen molar-refractivity contribution < 1.29 is 19.4 Å². The van der Waals surface area contributed by atoms with Crippen molar-refractivity contribution in [2.24, 2.45) is 0 Å². The highest BCUT2D eigenvalue weighted by Gasteiger charge is 2.05. The van der Waals surface area contributed by atoms with E-state index in [1.54, 1.807) is 11.8 Å². The largest absolute Gasteiger partial charge is 0.489 e. The zero-order valence-electron chi connectivity index (χ0n) is 14.9. The van der Waals surface area contributed by atoms with Crippen LogP contribution >= 0.6 is 11.8 Å². The Kier molecular flexibility index (Phi) is 6.39. The van der Waals surface area contributed by atoms with Crippen LogP contribution in [-0.4, -0.2) is 17.7 Å². The highest BCUT2D eigenvalue weighted by Crippen LogP contribution is 2.31. The van der Waals surface area contributed by atoms with Crippen molar-refractivity contribution in [2.45, 2.75) is 23.3 Å². The maximum absolute atomic E-state index is 10.6. The summed E-state index contributed by atoms with van der Waals surface area (Å²) in [6, 6.07) is 23.7. The van der Waals surface area contributed by atoms with E-state index in [1.807, 2.05) is 55.5 Å². The highest BCUT2D eigenvalue weighted by atomic mass is 32.2. The molecular weight excluding hydrogens is 360 g/mol. The molecule has 138 valence electrons. The Morgan fingerprint density at radius 3 is 2.30 bits per heavy atom. The topological polar surface area (TPSA) is 55.8 Å². The second-order valence-corrected chi connectivity index (χ2v) is 7.10. The van der Waals surface area contributed by atoms with Crippen molar-refractivity contribution in [3.63, 3.8) is 0 Å².